The van der Waals surface area contributed by atoms with Gasteiger partial charge in [-0.3, -0.25) is 9.67 Å². The Morgan fingerprint density at radius 1 is 1.25 bits per heavy atom. The highest BCUT2D eigenvalue weighted by molar-refractivity contribution is 14.0. The van der Waals surface area contributed by atoms with Gasteiger partial charge in [-0.2, -0.15) is 18.3 Å². The predicted octanol–water partition coefficient (Wildman–Crippen LogP) is 3.92. The van der Waals surface area contributed by atoms with Crippen LogP contribution in [0.2, 0.25) is 0 Å². The SMILES string of the molecule is CN=C(NCc1cn(C)nc1C(F)(F)F)N1CC=C(c2ccccc2)CC1.I. The van der Waals surface area contributed by atoms with Crippen molar-refractivity contribution in [3.05, 3.63) is 59.4 Å². The minimum absolute atomic E-state index is 0. The first-order valence-corrected chi connectivity index (χ1v) is 8.68. The highest BCUT2D eigenvalue weighted by Crippen LogP contribution is 2.30. The van der Waals surface area contributed by atoms with E-state index in [9.17, 15) is 13.2 Å². The summed E-state index contributed by atoms with van der Waals surface area (Å²) in [6.45, 7) is 1.42. The first kappa shape index (κ1) is 22.3. The maximum Gasteiger partial charge on any atom is 0.435 e. The summed E-state index contributed by atoms with van der Waals surface area (Å²) >= 11 is 0. The number of guanidine groups is 1. The lowest BCUT2D eigenvalue weighted by atomic mass is 10.00. The molecule has 0 unspecified atom stereocenters. The molecule has 1 aliphatic rings. The van der Waals surface area contributed by atoms with Gasteiger partial charge in [0.1, 0.15) is 0 Å². The van der Waals surface area contributed by atoms with Crippen molar-refractivity contribution in [1.29, 1.82) is 0 Å². The van der Waals surface area contributed by atoms with E-state index in [0.717, 1.165) is 13.0 Å². The molecule has 0 radical (unpaired) electrons. The van der Waals surface area contributed by atoms with Crippen LogP contribution in [-0.2, 0) is 19.8 Å². The van der Waals surface area contributed by atoms with Crippen LogP contribution in [0, 0.1) is 0 Å². The summed E-state index contributed by atoms with van der Waals surface area (Å²) in [5.74, 6) is 0.579. The highest BCUT2D eigenvalue weighted by atomic mass is 127. The third-order valence-corrected chi connectivity index (χ3v) is 4.48. The molecule has 0 aliphatic carbocycles. The molecule has 0 fully saturated rings. The molecule has 0 saturated heterocycles. The van der Waals surface area contributed by atoms with Crippen molar-refractivity contribution in [3.63, 3.8) is 0 Å². The third kappa shape index (κ3) is 5.27. The Hall–Kier alpha value is -2.04. The van der Waals surface area contributed by atoms with Crippen LogP contribution in [0.1, 0.15) is 23.2 Å². The van der Waals surface area contributed by atoms with Crippen LogP contribution < -0.4 is 5.32 Å². The van der Waals surface area contributed by atoms with Gasteiger partial charge < -0.3 is 10.2 Å². The number of alkyl halides is 3. The number of aromatic nitrogens is 2. The molecule has 1 aromatic heterocycles. The Balaban J connectivity index is 0.00000280. The molecule has 0 spiro atoms. The van der Waals surface area contributed by atoms with Gasteiger partial charge in [-0.15, -0.1) is 24.0 Å². The maximum atomic E-state index is 13.1. The van der Waals surface area contributed by atoms with E-state index in [4.69, 9.17) is 0 Å². The molecule has 2 heterocycles. The zero-order chi connectivity index (χ0) is 19.4. The smallest absolute Gasteiger partial charge is 0.352 e. The standard InChI is InChI=1S/C19H22F3N5.HI/c1-23-18(24-12-16-13-26(2)25-17(16)19(20,21)22)27-10-8-15(9-11-27)14-6-4-3-5-7-14;/h3-8,13H,9-12H2,1-2H3,(H,23,24);1H. The number of hydrogen-bond acceptors (Lipinski definition) is 2. The van der Waals surface area contributed by atoms with Gasteiger partial charge in [0.05, 0.1) is 0 Å². The van der Waals surface area contributed by atoms with E-state index in [1.807, 2.05) is 23.1 Å². The van der Waals surface area contributed by atoms with Gasteiger partial charge in [-0.25, -0.2) is 0 Å². The second-order valence-corrected chi connectivity index (χ2v) is 6.37. The average Bonchev–Trinajstić information content (AvgIpc) is 3.05. The molecule has 5 nitrogen and oxygen atoms in total. The van der Waals surface area contributed by atoms with Crippen molar-refractivity contribution in [2.45, 2.75) is 19.1 Å². The summed E-state index contributed by atoms with van der Waals surface area (Å²) in [4.78, 5) is 6.24. The van der Waals surface area contributed by atoms with Gasteiger partial charge in [0.25, 0.3) is 0 Å². The lowest BCUT2D eigenvalue weighted by molar-refractivity contribution is -0.142. The summed E-state index contributed by atoms with van der Waals surface area (Å²) in [6, 6.07) is 10.2. The van der Waals surface area contributed by atoms with Crippen molar-refractivity contribution in [2.24, 2.45) is 12.0 Å². The summed E-state index contributed by atoms with van der Waals surface area (Å²) in [7, 11) is 3.11. The molecule has 0 atom stereocenters. The van der Waals surface area contributed by atoms with Crippen molar-refractivity contribution in [2.75, 3.05) is 20.1 Å². The Bertz CT molecular complexity index is 843. The number of nitrogens with one attached hydrogen (secondary N) is 1. The molecule has 1 N–H and O–H groups in total. The summed E-state index contributed by atoms with van der Waals surface area (Å²) in [5, 5.41) is 6.56. The van der Waals surface area contributed by atoms with Crippen LogP contribution in [0.15, 0.2) is 47.6 Å². The van der Waals surface area contributed by atoms with Gasteiger partial charge in [-0.05, 0) is 17.6 Å². The lowest BCUT2D eigenvalue weighted by Gasteiger charge is -2.29. The highest BCUT2D eigenvalue weighted by Gasteiger charge is 2.36. The predicted molar refractivity (Wildman–Crippen MR) is 114 cm³/mol. The van der Waals surface area contributed by atoms with E-state index in [2.05, 4.69) is 33.6 Å². The van der Waals surface area contributed by atoms with Crippen LogP contribution in [0.3, 0.4) is 0 Å². The summed E-state index contributed by atoms with van der Waals surface area (Å²) < 4.78 is 40.4. The number of nitrogens with zero attached hydrogens (tertiary/aromatic N) is 4. The molecule has 2 aromatic rings. The molecule has 9 heteroatoms. The van der Waals surface area contributed by atoms with Crippen molar-refractivity contribution >= 4 is 35.5 Å². The molecule has 152 valence electrons. The van der Waals surface area contributed by atoms with Crippen molar-refractivity contribution in [3.8, 4) is 0 Å². The maximum absolute atomic E-state index is 13.1. The van der Waals surface area contributed by atoms with E-state index in [1.165, 1.54) is 29.1 Å². The Morgan fingerprint density at radius 3 is 2.54 bits per heavy atom. The van der Waals surface area contributed by atoms with E-state index in [0.29, 0.717) is 12.5 Å². The van der Waals surface area contributed by atoms with Crippen LogP contribution in [0.25, 0.3) is 5.57 Å². The zero-order valence-electron chi connectivity index (χ0n) is 15.7. The first-order chi connectivity index (χ1) is 12.9. The van der Waals surface area contributed by atoms with E-state index in [-0.39, 0.29) is 36.1 Å². The second-order valence-electron chi connectivity index (χ2n) is 6.37. The van der Waals surface area contributed by atoms with Gasteiger partial charge in [0, 0.05) is 45.5 Å². The largest absolute Gasteiger partial charge is 0.435 e. The number of aryl methyl sites for hydroxylation is 1. The topological polar surface area (TPSA) is 45.5 Å². The molecule has 1 aliphatic heterocycles. The molecule has 0 amide bonds. The first-order valence-electron chi connectivity index (χ1n) is 8.68. The normalized spacial score (nSPS) is 15.1. The molecule has 0 bridgehead atoms. The minimum Gasteiger partial charge on any atom is -0.352 e. The fraction of sp³-hybridized carbons (Fsp3) is 0.368. The van der Waals surface area contributed by atoms with Crippen LogP contribution >= 0.6 is 24.0 Å². The fourth-order valence-electron chi connectivity index (χ4n) is 3.19. The van der Waals surface area contributed by atoms with Crippen LogP contribution in [0.5, 0.6) is 0 Å². The molecular formula is C19H23F3IN5. The summed E-state index contributed by atoms with van der Waals surface area (Å²) in [5.41, 5.74) is 1.71. The third-order valence-electron chi connectivity index (χ3n) is 4.48. The van der Waals surface area contributed by atoms with Gasteiger partial charge in [-0.1, -0.05) is 36.4 Å². The van der Waals surface area contributed by atoms with E-state index in [1.54, 1.807) is 7.05 Å². The number of benzene rings is 1. The second kappa shape index (κ2) is 9.44. The van der Waals surface area contributed by atoms with Gasteiger partial charge in [0.15, 0.2) is 11.7 Å². The molecule has 28 heavy (non-hydrogen) atoms. The minimum atomic E-state index is -4.47. The van der Waals surface area contributed by atoms with Crippen molar-refractivity contribution in [1.82, 2.24) is 20.0 Å². The zero-order valence-corrected chi connectivity index (χ0v) is 18.0. The molecule has 3 rings (SSSR count). The van der Waals surface area contributed by atoms with Crippen LogP contribution in [0.4, 0.5) is 13.2 Å². The van der Waals surface area contributed by atoms with Gasteiger partial charge in [0.2, 0.25) is 0 Å². The summed E-state index contributed by atoms with van der Waals surface area (Å²) in [6.07, 6.45) is -0.102. The Morgan fingerprint density at radius 2 is 1.96 bits per heavy atom. The number of aliphatic imine (C=N–C) groups is 1. The molecule has 0 saturated carbocycles. The Kier molecular flexibility index (Phi) is 7.50. The molecule has 1 aromatic carbocycles. The average molecular weight is 505 g/mol. The van der Waals surface area contributed by atoms with Crippen molar-refractivity contribution < 1.29 is 13.2 Å². The fourth-order valence-corrected chi connectivity index (χ4v) is 3.19. The monoisotopic (exact) mass is 505 g/mol. The van der Waals surface area contributed by atoms with E-state index >= 15 is 0 Å². The number of rotatable bonds is 3. The molecular weight excluding hydrogens is 482 g/mol. The quantitative estimate of drug-likeness (QED) is 0.391. The number of halogens is 4. The Labute approximate surface area is 179 Å². The lowest BCUT2D eigenvalue weighted by Crippen LogP contribution is -2.43. The van der Waals surface area contributed by atoms with Crippen LogP contribution in [-0.4, -0.2) is 40.8 Å². The van der Waals surface area contributed by atoms with Gasteiger partial charge >= 0.3 is 6.18 Å². The van der Waals surface area contributed by atoms with E-state index < -0.39 is 11.9 Å². The number of hydrogen-bond donors (Lipinski definition) is 1.